The van der Waals surface area contributed by atoms with Crippen molar-refractivity contribution in [1.29, 1.82) is 0 Å². The number of likely N-dealkylation sites (tertiary alicyclic amines) is 1. The number of piperidine rings is 1. The molecule has 1 aliphatic carbocycles. The molecule has 5 nitrogen and oxygen atoms in total. The van der Waals surface area contributed by atoms with E-state index in [9.17, 15) is 0 Å². The van der Waals surface area contributed by atoms with Gasteiger partial charge >= 0.3 is 0 Å². The fourth-order valence-corrected chi connectivity index (χ4v) is 4.82. The number of nitrogens with one attached hydrogen (secondary N) is 1. The van der Waals surface area contributed by atoms with Gasteiger partial charge in [-0.1, -0.05) is 25.3 Å². The number of anilines is 1. The van der Waals surface area contributed by atoms with E-state index in [4.69, 9.17) is 14.5 Å². The van der Waals surface area contributed by atoms with Crippen LogP contribution in [-0.2, 0) is 0 Å². The van der Waals surface area contributed by atoms with E-state index < -0.39 is 0 Å². The molecule has 30 heavy (non-hydrogen) atoms. The number of aromatic nitrogens is 1. The average Bonchev–Trinajstić information content (AvgIpc) is 2.83. The maximum Gasteiger partial charge on any atom is 0.126 e. The summed E-state index contributed by atoms with van der Waals surface area (Å²) in [5.74, 6) is 3.19. The van der Waals surface area contributed by atoms with E-state index in [1.165, 1.54) is 63.7 Å². The number of hydrogen-bond donors (Lipinski definition) is 1. The lowest BCUT2D eigenvalue weighted by Gasteiger charge is -2.40. The molecule has 5 heteroatoms. The van der Waals surface area contributed by atoms with Gasteiger partial charge in [0.25, 0.3) is 0 Å². The van der Waals surface area contributed by atoms with Crippen LogP contribution in [0.15, 0.2) is 42.5 Å². The van der Waals surface area contributed by atoms with Crippen molar-refractivity contribution in [2.75, 3.05) is 38.7 Å². The standard InChI is InChI=1S/C25H35N3O2/c1-29-22-12-14-23(15-13-22)30-18-16-26-25-11-5-10-24(27-25)20-7-6-17-28(19-20)21-8-3-2-4-9-21/h5,10-15,20-21H,2-4,6-9,16-19H2,1H3,(H,26,27)/t20-/m0/s1. The third kappa shape index (κ3) is 5.66. The van der Waals surface area contributed by atoms with Crippen molar-refractivity contribution in [3.8, 4) is 11.5 Å². The molecule has 2 fully saturated rings. The second-order valence-electron chi connectivity index (χ2n) is 8.52. The summed E-state index contributed by atoms with van der Waals surface area (Å²) in [5, 5.41) is 3.42. The molecule has 0 radical (unpaired) electrons. The highest BCUT2D eigenvalue weighted by atomic mass is 16.5. The van der Waals surface area contributed by atoms with Crippen LogP contribution in [0.5, 0.6) is 11.5 Å². The van der Waals surface area contributed by atoms with Gasteiger partial charge in [0.2, 0.25) is 0 Å². The molecule has 1 saturated heterocycles. The van der Waals surface area contributed by atoms with Crippen molar-refractivity contribution >= 4 is 5.82 Å². The van der Waals surface area contributed by atoms with E-state index >= 15 is 0 Å². The molecule has 0 spiro atoms. The first-order valence-corrected chi connectivity index (χ1v) is 11.5. The summed E-state index contributed by atoms with van der Waals surface area (Å²) >= 11 is 0. The molecule has 162 valence electrons. The third-order valence-corrected chi connectivity index (χ3v) is 6.47. The van der Waals surface area contributed by atoms with Crippen molar-refractivity contribution in [2.45, 2.75) is 56.9 Å². The minimum absolute atomic E-state index is 0.554. The Labute approximate surface area is 180 Å². The van der Waals surface area contributed by atoms with E-state index in [0.29, 0.717) is 12.5 Å². The first-order valence-electron chi connectivity index (χ1n) is 11.5. The quantitative estimate of drug-likeness (QED) is 0.615. The van der Waals surface area contributed by atoms with Crippen LogP contribution in [0.25, 0.3) is 0 Å². The zero-order valence-electron chi connectivity index (χ0n) is 18.2. The summed E-state index contributed by atoms with van der Waals surface area (Å²) < 4.78 is 11.0. The number of hydrogen-bond acceptors (Lipinski definition) is 5. The molecule has 1 atom stereocenters. The van der Waals surface area contributed by atoms with Crippen LogP contribution in [0.2, 0.25) is 0 Å². The Morgan fingerprint density at radius 3 is 2.57 bits per heavy atom. The number of ether oxygens (including phenoxy) is 2. The zero-order chi connectivity index (χ0) is 20.6. The van der Waals surface area contributed by atoms with Crippen LogP contribution in [0.4, 0.5) is 5.82 Å². The molecule has 1 N–H and O–H groups in total. The smallest absolute Gasteiger partial charge is 0.126 e. The number of nitrogens with zero attached hydrogens (tertiary/aromatic N) is 2. The molecular weight excluding hydrogens is 374 g/mol. The van der Waals surface area contributed by atoms with Crippen molar-refractivity contribution in [1.82, 2.24) is 9.88 Å². The van der Waals surface area contributed by atoms with E-state index in [2.05, 4.69) is 28.4 Å². The highest BCUT2D eigenvalue weighted by molar-refractivity contribution is 5.36. The molecule has 2 aromatic rings. The molecule has 1 saturated carbocycles. The first kappa shape index (κ1) is 21.0. The SMILES string of the molecule is COc1ccc(OCCNc2cccc([C@H]3CCCN(C4CCCCC4)C3)n2)cc1. The van der Waals surface area contributed by atoms with Gasteiger partial charge < -0.3 is 14.8 Å². The van der Waals surface area contributed by atoms with Crippen molar-refractivity contribution < 1.29 is 9.47 Å². The fourth-order valence-electron chi connectivity index (χ4n) is 4.82. The molecule has 2 aliphatic rings. The number of benzene rings is 1. The molecule has 1 aromatic heterocycles. The molecule has 0 amide bonds. The van der Waals surface area contributed by atoms with Gasteiger partial charge in [-0.15, -0.1) is 0 Å². The van der Waals surface area contributed by atoms with E-state index in [0.717, 1.165) is 29.9 Å². The van der Waals surface area contributed by atoms with Gasteiger partial charge in [0.05, 0.1) is 13.7 Å². The second-order valence-corrected chi connectivity index (χ2v) is 8.52. The Balaban J connectivity index is 1.26. The van der Waals surface area contributed by atoms with E-state index in [1.54, 1.807) is 7.11 Å². The monoisotopic (exact) mass is 409 g/mol. The topological polar surface area (TPSA) is 46.6 Å². The number of rotatable bonds is 8. The minimum Gasteiger partial charge on any atom is -0.497 e. The van der Waals surface area contributed by atoms with Gasteiger partial charge in [0.15, 0.2) is 0 Å². The Morgan fingerprint density at radius 1 is 0.967 bits per heavy atom. The van der Waals surface area contributed by atoms with Crippen molar-refractivity contribution in [3.63, 3.8) is 0 Å². The first-order chi connectivity index (χ1) is 14.8. The summed E-state index contributed by atoms with van der Waals surface area (Å²) in [6.07, 6.45) is 9.54. The van der Waals surface area contributed by atoms with Crippen LogP contribution in [0.3, 0.4) is 0 Å². The molecule has 2 heterocycles. The highest BCUT2D eigenvalue weighted by Gasteiger charge is 2.28. The molecule has 0 unspecified atom stereocenters. The van der Waals surface area contributed by atoms with Crippen molar-refractivity contribution in [3.05, 3.63) is 48.2 Å². The molecule has 1 aromatic carbocycles. The van der Waals surface area contributed by atoms with Crippen LogP contribution in [0.1, 0.15) is 56.6 Å². The summed E-state index contributed by atoms with van der Waals surface area (Å²) in [6.45, 7) is 3.75. The lowest BCUT2D eigenvalue weighted by molar-refractivity contribution is 0.118. The molecule has 0 bridgehead atoms. The third-order valence-electron chi connectivity index (χ3n) is 6.47. The summed E-state index contributed by atoms with van der Waals surface area (Å²) in [7, 11) is 1.67. The number of methoxy groups -OCH3 is 1. The van der Waals surface area contributed by atoms with Gasteiger partial charge in [-0.25, -0.2) is 4.98 Å². The Kier molecular flexibility index (Phi) is 7.46. The summed E-state index contributed by atoms with van der Waals surface area (Å²) in [6, 6.07) is 14.9. The highest BCUT2D eigenvalue weighted by Crippen LogP contribution is 2.31. The molecular formula is C25H35N3O2. The largest absolute Gasteiger partial charge is 0.497 e. The molecule has 1 aliphatic heterocycles. The van der Waals surface area contributed by atoms with Crippen LogP contribution >= 0.6 is 0 Å². The lowest BCUT2D eigenvalue weighted by atomic mass is 9.89. The van der Waals surface area contributed by atoms with Crippen LogP contribution in [0, 0.1) is 0 Å². The molecule has 4 rings (SSSR count). The van der Waals surface area contributed by atoms with E-state index in [1.807, 2.05) is 24.3 Å². The predicted molar refractivity (Wildman–Crippen MR) is 122 cm³/mol. The second kappa shape index (κ2) is 10.7. The van der Waals surface area contributed by atoms with Crippen LogP contribution in [-0.4, -0.2) is 49.3 Å². The number of pyridine rings is 1. The zero-order valence-corrected chi connectivity index (χ0v) is 18.2. The van der Waals surface area contributed by atoms with Gasteiger partial charge in [0.1, 0.15) is 23.9 Å². The maximum atomic E-state index is 5.80. The Morgan fingerprint density at radius 2 is 1.77 bits per heavy atom. The van der Waals surface area contributed by atoms with Gasteiger partial charge in [-0.05, 0) is 68.6 Å². The Bertz CT molecular complexity index is 774. The van der Waals surface area contributed by atoms with Gasteiger partial charge in [0, 0.05) is 24.2 Å². The summed E-state index contributed by atoms with van der Waals surface area (Å²) in [4.78, 5) is 7.68. The maximum absolute atomic E-state index is 5.80. The predicted octanol–water partition coefficient (Wildman–Crippen LogP) is 5.09. The average molecular weight is 410 g/mol. The lowest BCUT2D eigenvalue weighted by Crippen LogP contribution is -2.43. The van der Waals surface area contributed by atoms with Crippen molar-refractivity contribution in [2.24, 2.45) is 0 Å². The summed E-state index contributed by atoms with van der Waals surface area (Å²) in [5.41, 5.74) is 1.23. The van der Waals surface area contributed by atoms with Crippen LogP contribution < -0.4 is 14.8 Å². The van der Waals surface area contributed by atoms with Gasteiger partial charge in [-0.2, -0.15) is 0 Å². The van der Waals surface area contributed by atoms with E-state index in [-0.39, 0.29) is 0 Å². The Hall–Kier alpha value is -2.27. The fraction of sp³-hybridized carbons (Fsp3) is 0.560. The minimum atomic E-state index is 0.554. The van der Waals surface area contributed by atoms with Gasteiger partial charge in [-0.3, -0.25) is 4.90 Å². The normalized spacial score (nSPS) is 20.6.